The van der Waals surface area contributed by atoms with Gasteiger partial charge in [-0.25, -0.2) is 14.0 Å². The van der Waals surface area contributed by atoms with Gasteiger partial charge in [0.15, 0.2) is 6.04 Å². The summed E-state index contributed by atoms with van der Waals surface area (Å²) in [6.45, 7) is 1.82. The van der Waals surface area contributed by atoms with Gasteiger partial charge in [0.05, 0.1) is 4.47 Å². The highest BCUT2D eigenvalue weighted by atomic mass is 79.9. The molecular weight excluding hydrogens is 477 g/mol. The lowest BCUT2D eigenvalue weighted by molar-refractivity contribution is -0.143. The Morgan fingerprint density at radius 3 is 2.19 bits per heavy atom. The second-order valence-electron chi connectivity index (χ2n) is 7.50. The number of rotatable bonds is 6. The van der Waals surface area contributed by atoms with Crippen LogP contribution in [0.1, 0.15) is 35.6 Å². The molecule has 1 N–H and O–H groups in total. The van der Waals surface area contributed by atoms with Crippen LogP contribution in [0.25, 0.3) is 11.1 Å². The first kappa shape index (κ1) is 22.0. The molecular formula is C25H21BrFNO4. The van der Waals surface area contributed by atoms with E-state index in [2.05, 4.69) is 15.9 Å². The summed E-state index contributed by atoms with van der Waals surface area (Å²) in [7, 11) is 0. The molecule has 1 unspecified atom stereocenters. The van der Waals surface area contributed by atoms with Crippen molar-refractivity contribution < 1.29 is 23.8 Å². The zero-order chi connectivity index (χ0) is 22.8. The van der Waals surface area contributed by atoms with E-state index in [1.165, 1.54) is 12.1 Å². The van der Waals surface area contributed by atoms with Crippen LogP contribution in [0, 0.1) is 5.82 Å². The predicted molar refractivity (Wildman–Crippen MR) is 122 cm³/mol. The van der Waals surface area contributed by atoms with Gasteiger partial charge in [0, 0.05) is 12.5 Å². The summed E-state index contributed by atoms with van der Waals surface area (Å²) in [5, 5.41) is 9.79. The Balaban J connectivity index is 1.57. The van der Waals surface area contributed by atoms with E-state index < -0.39 is 23.9 Å². The molecule has 0 saturated carbocycles. The number of carbonyl (C=O) groups is 2. The number of hydrogen-bond acceptors (Lipinski definition) is 3. The number of aliphatic carboxylic acids is 1. The zero-order valence-electron chi connectivity index (χ0n) is 17.3. The summed E-state index contributed by atoms with van der Waals surface area (Å²) in [6.07, 6.45) is -0.759. The molecule has 0 bridgehead atoms. The molecule has 4 rings (SSSR count). The van der Waals surface area contributed by atoms with E-state index in [-0.39, 0.29) is 29.1 Å². The topological polar surface area (TPSA) is 66.8 Å². The maximum atomic E-state index is 14.0. The molecule has 0 fully saturated rings. The third-order valence-corrected chi connectivity index (χ3v) is 6.36. The number of nitrogens with zero attached hydrogens (tertiary/aromatic N) is 1. The molecule has 0 spiro atoms. The summed E-state index contributed by atoms with van der Waals surface area (Å²) in [5.74, 6) is -2.00. The van der Waals surface area contributed by atoms with Crippen molar-refractivity contribution in [2.45, 2.75) is 18.9 Å². The number of likely N-dealkylation sites (N-methyl/N-ethyl adjacent to an activating group) is 1. The molecule has 1 aliphatic carbocycles. The van der Waals surface area contributed by atoms with Crippen LogP contribution < -0.4 is 0 Å². The molecule has 0 heterocycles. The molecule has 1 atom stereocenters. The molecule has 32 heavy (non-hydrogen) atoms. The molecule has 0 aliphatic heterocycles. The first-order valence-corrected chi connectivity index (χ1v) is 11.0. The summed E-state index contributed by atoms with van der Waals surface area (Å²) >= 11 is 3.06. The Labute approximate surface area is 193 Å². The minimum atomic E-state index is -1.36. The van der Waals surface area contributed by atoms with Crippen LogP contribution in [0.5, 0.6) is 0 Å². The first-order chi connectivity index (χ1) is 15.4. The normalized spacial score (nSPS) is 13.2. The number of carboxylic acid groups (broad SMARTS) is 1. The zero-order valence-corrected chi connectivity index (χ0v) is 18.9. The highest BCUT2D eigenvalue weighted by Crippen LogP contribution is 2.44. The molecule has 0 radical (unpaired) electrons. The van der Waals surface area contributed by atoms with Gasteiger partial charge in [0.2, 0.25) is 0 Å². The van der Waals surface area contributed by atoms with E-state index in [1.807, 2.05) is 48.5 Å². The Bertz CT molecular complexity index is 1140. The van der Waals surface area contributed by atoms with Gasteiger partial charge >= 0.3 is 12.1 Å². The van der Waals surface area contributed by atoms with Crippen LogP contribution in [0.3, 0.4) is 0 Å². The van der Waals surface area contributed by atoms with Crippen molar-refractivity contribution in [3.63, 3.8) is 0 Å². The van der Waals surface area contributed by atoms with Crippen LogP contribution in [-0.4, -0.2) is 35.2 Å². The van der Waals surface area contributed by atoms with Crippen LogP contribution in [-0.2, 0) is 9.53 Å². The van der Waals surface area contributed by atoms with Gasteiger partial charge < -0.3 is 9.84 Å². The summed E-state index contributed by atoms with van der Waals surface area (Å²) in [6, 6.07) is 18.6. The first-order valence-electron chi connectivity index (χ1n) is 10.2. The molecule has 5 nitrogen and oxygen atoms in total. The molecule has 0 aromatic heterocycles. The van der Waals surface area contributed by atoms with Crippen LogP contribution in [0.4, 0.5) is 9.18 Å². The van der Waals surface area contributed by atoms with E-state index in [0.29, 0.717) is 0 Å². The Morgan fingerprint density at radius 1 is 1.06 bits per heavy atom. The fourth-order valence-corrected chi connectivity index (χ4v) is 4.48. The maximum absolute atomic E-state index is 14.0. The number of hydrogen-bond donors (Lipinski definition) is 1. The second kappa shape index (κ2) is 9.12. The monoisotopic (exact) mass is 497 g/mol. The largest absolute Gasteiger partial charge is 0.479 e. The Morgan fingerprint density at radius 2 is 1.66 bits per heavy atom. The molecule has 7 heteroatoms. The maximum Gasteiger partial charge on any atom is 0.410 e. The molecule has 0 saturated heterocycles. The average Bonchev–Trinajstić information content (AvgIpc) is 3.11. The van der Waals surface area contributed by atoms with Gasteiger partial charge in [0.25, 0.3) is 0 Å². The Hall–Kier alpha value is -3.19. The van der Waals surface area contributed by atoms with E-state index >= 15 is 0 Å². The van der Waals surface area contributed by atoms with Crippen molar-refractivity contribution in [1.29, 1.82) is 0 Å². The second-order valence-corrected chi connectivity index (χ2v) is 8.36. The minimum absolute atomic E-state index is 0.0738. The predicted octanol–water partition coefficient (Wildman–Crippen LogP) is 5.98. The van der Waals surface area contributed by atoms with Crippen molar-refractivity contribution in [2.24, 2.45) is 0 Å². The summed E-state index contributed by atoms with van der Waals surface area (Å²) < 4.78 is 19.9. The lowest BCUT2D eigenvalue weighted by Gasteiger charge is -2.28. The number of benzene rings is 3. The minimum Gasteiger partial charge on any atom is -0.479 e. The standard InChI is InChI=1S/C25H21BrFNO4/c1-2-28(23(24(29)30)15-11-12-21(26)22(27)13-15)25(31)32-14-20-18-9-5-3-7-16(18)17-8-4-6-10-19(17)20/h3-13,20,23H,2,14H2,1H3,(H,29,30). The third kappa shape index (κ3) is 4.00. The van der Waals surface area contributed by atoms with Gasteiger partial charge in [-0.1, -0.05) is 54.6 Å². The fourth-order valence-electron chi connectivity index (χ4n) is 4.23. The van der Waals surface area contributed by atoms with Gasteiger partial charge in [-0.05, 0) is 62.8 Å². The van der Waals surface area contributed by atoms with Crippen molar-refractivity contribution in [2.75, 3.05) is 13.2 Å². The lowest BCUT2D eigenvalue weighted by Crippen LogP contribution is -2.39. The van der Waals surface area contributed by atoms with Crippen LogP contribution >= 0.6 is 15.9 Å². The molecule has 1 aliphatic rings. The Kier molecular flexibility index (Phi) is 6.28. The lowest BCUT2D eigenvalue weighted by atomic mass is 9.98. The van der Waals surface area contributed by atoms with Gasteiger partial charge in [-0.15, -0.1) is 0 Å². The molecule has 1 amide bonds. The van der Waals surface area contributed by atoms with Crippen LogP contribution in [0.15, 0.2) is 71.2 Å². The molecule has 164 valence electrons. The number of halogens is 2. The molecule has 3 aromatic carbocycles. The number of carboxylic acids is 1. The summed E-state index contributed by atoms with van der Waals surface area (Å²) in [4.78, 5) is 26.1. The van der Waals surface area contributed by atoms with E-state index in [9.17, 15) is 19.1 Å². The quantitative estimate of drug-likeness (QED) is 0.454. The molecule has 3 aromatic rings. The smallest absolute Gasteiger partial charge is 0.410 e. The SMILES string of the molecule is CCN(C(=O)OCC1c2ccccc2-c2ccccc21)C(C(=O)O)c1ccc(Br)c(F)c1. The average molecular weight is 498 g/mol. The fraction of sp³-hybridized carbons (Fsp3) is 0.200. The number of ether oxygens (including phenoxy) is 1. The highest BCUT2D eigenvalue weighted by molar-refractivity contribution is 9.10. The van der Waals surface area contributed by atoms with E-state index in [1.54, 1.807) is 6.92 Å². The van der Waals surface area contributed by atoms with Gasteiger partial charge in [-0.2, -0.15) is 0 Å². The van der Waals surface area contributed by atoms with Gasteiger partial charge in [0.1, 0.15) is 12.4 Å². The van der Waals surface area contributed by atoms with Gasteiger partial charge in [-0.3, -0.25) is 4.90 Å². The van der Waals surface area contributed by atoms with Crippen LogP contribution in [0.2, 0.25) is 0 Å². The van der Waals surface area contributed by atoms with Crippen molar-refractivity contribution >= 4 is 28.0 Å². The van der Waals surface area contributed by atoms with Crippen molar-refractivity contribution in [3.8, 4) is 11.1 Å². The number of amides is 1. The van der Waals surface area contributed by atoms with E-state index in [4.69, 9.17) is 4.74 Å². The van der Waals surface area contributed by atoms with Crippen molar-refractivity contribution in [3.05, 3.63) is 93.7 Å². The van der Waals surface area contributed by atoms with Crippen molar-refractivity contribution in [1.82, 2.24) is 4.90 Å². The van der Waals surface area contributed by atoms with E-state index in [0.717, 1.165) is 33.2 Å². The number of carbonyl (C=O) groups excluding carboxylic acids is 1. The third-order valence-electron chi connectivity index (χ3n) is 5.72. The summed E-state index contributed by atoms with van der Waals surface area (Å²) in [5.41, 5.74) is 4.49. The highest BCUT2D eigenvalue weighted by Gasteiger charge is 2.34. The number of fused-ring (bicyclic) bond motifs is 3.